The molecule has 0 saturated carbocycles. The van der Waals surface area contributed by atoms with E-state index < -0.39 is 23.3 Å². The Balaban J connectivity index is 2.17. The van der Waals surface area contributed by atoms with Crippen LogP contribution >= 0.6 is 0 Å². The van der Waals surface area contributed by atoms with Crippen LogP contribution in [0.1, 0.15) is 13.8 Å². The van der Waals surface area contributed by atoms with Gasteiger partial charge in [0.2, 0.25) is 0 Å². The number of hydrogen-bond acceptors (Lipinski definition) is 5. The summed E-state index contributed by atoms with van der Waals surface area (Å²) in [4.78, 5) is 29.8. The Labute approximate surface area is 159 Å². The number of ketones is 1. The standard InChI is InChI=1S/C21H26N4O2/c1-14(2)18(22)19(26)21(23)13-25(15-9-5-4-6-10-15)17-12-8-7-11-16(17)24(3)20(21)27/h4-12,14,18H,13,22-23H2,1-3H3/t18-,21?/m0/s1. The van der Waals surface area contributed by atoms with E-state index in [1.165, 1.54) is 4.90 Å². The highest BCUT2D eigenvalue weighted by molar-refractivity contribution is 6.20. The second-order valence-corrected chi connectivity index (χ2v) is 7.38. The van der Waals surface area contributed by atoms with Crippen molar-refractivity contribution in [3.05, 3.63) is 54.6 Å². The lowest BCUT2D eigenvalue weighted by Crippen LogP contribution is -2.68. The third-order valence-electron chi connectivity index (χ3n) is 5.16. The maximum absolute atomic E-state index is 13.3. The number of carbonyl (C=O) groups excluding carboxylic acids is 2. The second-order valence-electron chi connectivity index (χ2n) is 7.38. The number of Topliss-reactive ketones (excluding diaryl/α,β-unsaturated/α-hetero) is 1. The van der Waals surface area contributed by atoms with Crippen LogP contribution in [-0.4, -0.2) is 36.9 Å². The highest BCUT2D eigenvalue weighted by Crippen LogP contribution is 2.38. The highest BCUT2D eigenvalue weighted by Gasteiger charge is 2.50. The van der Waals surface area contributed by atoms with E-state index in [1.807, 2.05) is 73.3 Å². The molecule has 27 heavy (non-hydrogen) atoms. The molecule has 1 aliphatic heterocycles. The Bertz CT molecular complexity index is 852. The summed E-state index contributed by atoms with van der Waals surface area (Å²) in [5, 5.41) is 0. The molecule has 0 fully saturated rings. The third kappa shape index (κ3) is 3.22. The number of hydrogen-bond donors (Lipinski definition) is 2. The van der Waals surface area contributed by atoms with Crippen molar-refractivity contribution in [3.8, 4) is 0 Å². The van der Waals surface area contributed by atoms with Crippen molar-refractivity contribution in [2.75, 3.05) is 23.4 Å². The lowest BCUT2D eigenvalue weighted by Gasteiger charge is -2.34. The third-order valence-corrected chi connectivity index (χ3v) is 5.16. The molecule has 2 aromatic carbocycles. The first-order valence-corrected chi connectivity index (χ1v) is 9.06. The molecule has 6 nitrogen and oxygen atoms in total. The van der Waals surface area contributed by atoms with E-state index in [0.29, 0.717) is 5.69 Å². The molecule has 142 valence electrons. The normalized spacial score (nSPS) is 21.0. The Morgan fingerprint density at radius 2 is 1.59 bits per heavy atom. The van der Waals surface area contributed by atoms with E-state index in [2.05, 4.69) is 0 Å². The summed E-state index contributed by atoms with van der Waals surface area (Å²) in [5.41, 5.74) is 13.3. The second kappa shape index (κ2) is 7.13. The van der Waals surface area contributed by atoms with Crippen LogP contribution in [0.25, 0.3) is 0 Å². The zero-order chi connectivity index (χ0) is 19.8. The van der Waals surface area contributed by atoms with E-state index in [9.17, 15) is 9.59 Å². The van der Waals surface area contributed by atoms with E-state index in [4.69, 9.17) is 11.5 Å². The molecule has 0 radical (unpaired) electrons. The molecular weight excluding hydrogens is 340 g/mol. The minimum atomic E-state index is -1.74. The van der Waals surface area contributed by atoms with Crippen molar-refractivity contribution >= 4 is 28.8 Å². The molecule has 0 saturated heterocycles. The van der Waals surface area contributed by atoms with Gasteiger partial charge in [-0.3, -0.25) is 9.59 Å². The fourth-order valence-electron chi connectivity index (χ4n) is 3.41. The summed E-state index contributed by atoms with van der Waals surface area (Å²) in [5.74, 6) is -1.01. The Kier molecular flexibility index (Phi) is 5.04. The molecule has 4 N–H and O–H groups in total. The number of fused-ring (bicyclic) bond motifs is 1. The zero-order valence-electron chi connectivity index (χ0n) is 15.9. The molecule has 0 aromatic heterocycles. The van der Waals surface area contributed by atoms with Crippen molar-refractivity contribution in [2.45, 2.75) is 25.4 Å². The predicted molar refractivity (Wildman–Crippen MR) is 108 cm³/mol. The highest BCUT2D eigenvalue weighted by atomic mass is 16.2. The Morgan fingerprint density at radius 1 is 1.04 bits per heavy atom. The monoisotopic (exact) mass is 366 g/mol. The maximum atomic E-state index is 13.3. The first-order chi connectivity index (χ1) is 12.8. The van der Waals surface area contributed by atoms with Crippen LogP contribution in [0.3, 0.4) is 0 Å². The van der Waals surface area contributed by atoms with Crippen LogP contribution in [0.15, 0.2) is 54.6 Å². The molecule has 2 aromatic rings. The molecule has 0 spiro atoms. The fraction of sp³-hybridized carbons (Fsp3) is 0.333. The number of rotatable bonds is 4. The predicted octanol–water partition coefficient (Wildman–Crippen LogP) is 2.05. The number of nitrogens with zero attached hydrogens (tertiary/aromatic N) is 2. The SMILES string of the molecule is CC(C)[C@H](N)C(=O)C1(N)CN(c2ccccc2)c2ccccc2N(C)C1=O. The molecule has 1 amide bonds. The number of carbonyl (C=O) groups is 2. The van der Waals surface area contributed by atoms with Gasteiger partial charge in [0, 0.05) is 12.7 Å². The summed E-state index contributed by atoms with van der Waals surface area (Å²) in [7, 11) is 1.64. The minimum absolute atomic E-state index is 0.0243. The topological polar surface area (TPSA) is 92.7 Å². The van der Waals surface area contributed by atoms with Crippen LogP contribution in [0.2, 0.25) is 0 Å². The van der Waals surface area contributed by atoms with Crippen molar-refractivity contribution in [1.82, 2.24) is 0 Å². The van der Waals surface area contributed by atoms with Crippen LogP contribution in [0, 0.1) is 5.92 Å². The smallest absolute Gasteiger partial charge is 0.256 e. The summed E-state index contributed by atoms with van der Waals surface area (Å²) >= 11 is 0. The van der Waals surface area contributed by atoms with Gasteiger partial charge in [-0.05, 0) is 30.2 Å². The Morgan fingerprint density at radius 3 is 2.19 bits per heavy atom. The van der Waals surface area contributed by atoms with Crippen LogP contribution in [0.4, 0.5) is 17.1 Å². The van der Waals surface area contributed by atoms with E-state index in [-0.39, 0.29) is 12.5 Å². The van der Waals surface area contributed by atoms with Gasteiger partial charge in [0.25, 0.3) is 5.91 Å². The molecule has 1 unspecified atom stereocenters. The van der Waals surface area contributed by atoms with Crippen LogP contribution in [0.5, 0.6) is 0 Å². The van der Waals surface area contributed by atoms with Gasteiger partial charge in [0.1, 0.15) is 0 Å². The zero-order valence-corrected chi connectivity index (χ0v) is 15.9. The van der Waals surface area contributed by atoms with Gasteiger partial charge >= 0.3 is 0 Å². The number of nitrogens with two attached hydrogens (primary N) is 2. The average Bonchev–Trinajstić information content (AvgIpc) is 2.77. The lowest BCUT2D eigenvalue weighted by atomic mass is 9.84. The molecule has 1 heterocycles. The molecule has 2 atom stereocenters. The number of anilines is 3. The van der Waals surface area contributed by atoms with Crippen molar-refractivity contribution in [1.29, 1.82) is 0 Å². The minimum Gasteiger partial charge on any atom is -0.337 e. The van der Waals surface area contributed by atoms with Crippen LogP contribution < -0.4 is 21.3 Å². The van der Waals surface area contributed by atoms with E-state index >= 15 is 0 Å². The summed E-state index contributed by atoms with van der Waals surface area (Å²) in [6, 6.07) is 16.3. The van der Waals surface area contributed by atoms with Gasteiger partial charge in [-0.15, -0.1) is 0 Å². The van der Waals surface area contributed by atoms with Gasteiger partial charge in [-0.1, -0.05) is 44.2 Å². The lowest BCUT2D eigenvalue weighted by molar-refractivity contribution is -0.135. The maximum Gasteiger partial charge on any atom is 0.256 e. The molecule has 0 bridgehead atoms. The first kappa shape index (κ1) is 19.1. The molecular formula is C21H26N4O2. The van der Waals surface area contributed by atoms with Gasteiger partial charge in [-0.25, -0.2) is 0 Å². The summed E-state index contributed by atoms with van der Waals surface area (Å²) in [6.07, 6.45) is 0. The largest absolute Gasteiger partial charge is 0.337 e. The van der Waals surface area contributed by atoms with Crippen molar-refractivity contribution in [2.24, 2.45) is 17.4 Å². The summed E-state index contributed by atoms with van der Waals surface area (Å²) < 4.78 is 0. The van der Waals surface area contributed by atoms with Gasteiger partial charge < -0.3 is 21.3 Å². The van der Waals surface area contributed by atoms with Gasteiger partial charge in [-0.2, -0.15) is 0 Å². The molecule has 0 aliphatic carbocycles. The Hall–Kier alpha value is -2.70. The average molecular weight is 366 g/mol. The van der Waals surface area contributed by atoms with E-state index in [1.54, 1.807) is 7.05 Å². The summed E-state index contributed by atoms with van der Waals surface area (Å²) in [6.45, 7) is 3.72. The number of para-hydroxylation sites is 3. The quantitative estimate of drug-likeness (QED) is 0.808. The van der Waals surface area contributed by atoms with E-state index in [0.717, 1.165) is 11.4 Å². The molecule has 3 rings (SSSR count). The van der Waals surface area contributed by atoms with Crippen LogP contribution in [-0.2, 0) is 9.59 Å². The molecule has 6 heteroatoms. The molecule has 1 aliphatic rings. The first-order valence-electron chi connectivity index (χ1n) is 9.06. The number of amides is 1. The van der Waals surface area contributed by atoms with Gasteiger partial charge in [0.15, 0.2) is 11.3 Å². The van der Waals surface area contributed by atoms with Crippen molar-refractivity contribution < 1.29 is 9.59 Å². The van der Waals surface area contributed by atoms with Crippen molar-refractivity contribution in [3.63, 3.8) is 0 Å². The fourth-order valence-corrected chi connectivity index (χ4v) is 3.41. The number of benzene rings is 2. The number of likely N-dealkylation sites (N-methyl/N-ethyl adjacent to an activating group) is 1. The van der Waals surface area contributed by atoms with Gasteiger partial charge in [0.05, 0.1) is 24.0 Å².